The number of ether oxygens (including phenoxy) is 1. The van der Waals surface area contributed by atoms with Crippen molar-refractivity contribution in [1.82, 2.24) is 25.2 Å². The number of carbonyl (C=O) groups excluding carboxylic acids is 1. The van der Waals surface area contributed by atoms with Crippen molar-refractivity contribution in [1.29, 1.82) is 0 Å². The van der Waals surface area contributed by atoms with Crippen LogP contribution >= 0.6 is 0 Å². The van der Waals surface area contributed by atoms with E-state index in [2.05, 4.69) is 20.6 Å². The van der Waals surface area contributed by atoms with Crippen molar-refractivity contribution in [3.63, 3.8) is 0 Å². The second-order valence-corrected chi connectivity index (χ2v) is 8.91. The van der Waals surface area contributed by atoms with E-state index in [0.29, 0.717) is 43.2 Å². The van der Waals surface area contributed by atoms with Crippen molar-refractivity contribution in [2.45, 2.75) is 44.4 Å². The van der Waals surface area contributed by atoms with Crippen LogP contribution in [0.1, 0.15) is 31.2 Å². The molecule has 0 spiro atoms. The van der Waals surface area contributed by atoms with Crippen molar-refractivity contribution >= 4 is 23.0 Å². The van der Waals surface area contributed by atoms with Gasteiger partial charge in [0.2, 0.25) is 0 Å². The minimum absolute atomic E-state index is 0.0643. The third-order valence-electron chi connectivity index (χ3n) is 6.51. The van der Waals surface area contributed by atoms with Crippen molar-refractivity contribution in [3.05, 3.63) is 64.6 Å². The standard InChI is InChI=1S/C25H30N6O3/c32-24-23(29-21-9-4-12-26-22(21)31(24)17-18-6-2-1-3-7-18)30-13-10-19(11-14-30)28-25(33)27-16-20-8-5-15-34-20/h1-4,6-7,9,12,19-20H,5,8,10-11,13-17H2,(H2,27,28,33). The van der Waals surface area contributed by atoms with E-state index in [4.69, 9.17) is 4.74 Å². The Hall–Kier alpha value is -3.46. The summed E-state index contributed by atoms with van der Waals surface area (Å²) in [7, 11) is 0. The first kappa shape index (κ1) is 22.3. The van der Waals surface area contributed by atoms with Crippen LogP contribution in [0.15, 0.2) is 53.5 Å². The summed E-state index contributed by atoms with van der Waals surface area (Å²) < 4.78 is 7.26. The number of rotatable bonds is 6. The van der Waals surface area contributed by atoms with Crippen LogP contribution in [-0.2, 0) is 11.3 Å². The van der Waals surface area contributed by atoms with E-state index < -0.39 is 0 Å². The predicted octanol–water partition coefficient (Wildman–Crippen LogP) is 2.29. The highest BCUT2D eigenvalue weighted by Crippen LogP contribution is 2.19. The molecule has 2 aromatic heterocycles. The smallest absolute Gasteiger partial charge is 0.315 e. The summed E-state index contributed by atoms with van der Waals surface area (Å²) in [6, 6.07) is 13.5. The molecule has 178 valence electrons. The van der Waals surface area contributed by atoms with Gasteiger partial charge in [-0.1, -0.05) is 30.3 Å². The van der Waals surface area contributed by atoms with Crippen molar-refractivity contribution in [2.24, 2.45) is 0 Å². The summed E-state index contributed by atoms with van der Waals surface area (Å²) in [5.74, 6) is 0.442. The van der Waals surface area contributed by atoms with Crippen molar-refractivity contribution < 1.29 is 9.53 Å². The Kier molecular flexibility index (Phi) is 6.71. The third kappa shape index (κ3) is 5.04. The second kappa shape index (κ2) is 10.2. The van der Waals surface area contributed by atoms with E-state index in [0.717, 1.165) is 37.9 Å². The van der Waals surface area contributed by atoms with E-state index in [-0.39, 0.29) is 23.7 Å². The first-order valence-electron chi connectivity index (χ1n) is 12.0. The number of nitrogens with one attached hydrogen (secondary N) is 2. The van der Waals surface area contributed by atoms with Crippen LogP contribution in [-0.4, -0.2) is 59.0 Å². The van der Waals surface area contributed by atoms with Crippen LogP contribution < -0.4 is 21.1 Å². The Morgan fingerprint density at radius 1 is 1.09 bits per heavy atom. The lowest BCUT2D eigenvalue weighted by Crippen LogP contribution is -2.50. The number of amides is 2. The Morgan fingerprint density at radius 3 is 2.68 bits per heavy atom. The third-order valence-corrected chi connectivity index (χ3v) is 6.51. The Labute approximate surface area is 198 Å². The lowest BCUT2D eigenvalue weighted by molar-refractivity contribution is 0.111. The monoisotopic (exact) mass is 462 g/mol. The number of carbonyl (C=O) groups is 1. The topological polar surface area (TPSA) is 101 Å². The number of aromatic nitrogens is 3. The van der Waals surface area contributed by atoms with Crippen LogP contribution in [0.4, 0.5) is 10.6 Å². The lowest BCUT2D eigenvalue weighted by Gasteiger charge is -2.33. The number of urea groups is 1. The summed E-state index contributed by atoms with van der Waals surface area (Å²) in [5.41, 5.74) is 2.17. The largest absolute Gasteiger partial charge is 0.376 e. The van der Waals surface area contributed by atoms with E-state index in [1.54, 1.807) is 10.8 Å². The van der Waals surface area contributed by atoms with Gasteiger partial charge in [-0.05, 0) is 43.4 Å². The van der Waals surface area contributed by atoms with Crippen molar-refractivity contribution in [2.75, 3.05) is 31.1 Å². The maximum absolute atomic E-state index is 13.5. The van der Waals surface area contributed by atoms with Gasteiger partial charge in [0, 0.05) is 38.5 Å². The van der Waals surface area contributed by atoms with Crippen LogP contribution in [0.5, 0.6) is 0 Å². The van der Waals surface area contributed by atoms with E-state index >= 15 is 0 Å². The molecule has 2 fully saturated rings. The van der Waals surface area contributed by atoms with Crippen LogP contribution in [0.25, 0.3) is 11.2 Å². The Morgan fingerprint density at radius 2 is 1.91 bits per heavy atom. The highest BCUT2D eigenvalue weighted by atomic mass is 16.5. The molecule has 0 saturated carbocycles. The number of anilines is 1. The van der Waals surface area contributed by atoms with Gasteiger partial charge in [0.25, 0.3) is 5.56 Å². The summed E-state index contributed by atoms with van der Waals surface area (Å²) in [4.78, 5) is 36.9. The molecule has 0 radical (unpaired) electrons. The predicted molar refractivity (Wildman–Crippen MR) is 130 cm³/mol. The molecular weight excluding hydrogens is 432 g/mol. The number of nitrogens with zero attached hydrogens (tertiary/aromatic N) is 4. The summed E-state index contributed by atoms with van der Waals surface area (Å²) in [6.45, 7) is 3.05. The van der Waals surface area contributed by atoms with Gasteiger partial charge in [-0.15, -0.1) is 0 Å². The molecule has 0 bridgehead atoms. The zero-order chi connectivity index (χ0) is 23.3. The zero-order valence-corrected chi connectivity index (χ0v) is 19.2. The maximum atomic E-state index is 13.5. The zero-order valence-electron chi connectivity index (χ0n) is 19.2. The molecule has 1 atom stereocenters. The molecule has 2 amide bonds. The maximum Gasteiger partial charge on any atom is 0.315 e. The lowest BCUT2D eigenvalue weighted by atomic mass is 10.1. The van der Waals surface area contributed by atoms with Gasteiger partial charge in [0.15, 0.2) is 11.5 Å². The molecule has 2 aliphatic rings. The fraction of sp³-hybridized carbons (Fsp3) is 0.440. The molecule has 34 heavy (non-hydrogen) atoms. The quantitative estimate of drug-likeness (QED) is 0.583. The van der Waals surface area contributed by atoms with E-state index in [9.17, 15) is 9.59 Å². The van der Waals surface area contributed by atoms with Gasteiger partial charge in [-0.2, -0.15) is 0 Å². The van der Waals surface area contributed by atoms with E-state index in [1.807, 2.05) is 47.4 Å². The number of hydrogen-bond donors (Lipinski definition) is 2. The molecular formula is C25H30N6O3. The number of hydrogen-bond acceptors (Lipinski definition) is 6. The summed E-state index contributed by atoms with van der Waals surface area (Å²) in [6.07, 6.45) is 5.36. The number of piperidine rings is 1. The van der Waals surface area contributed by atoms with Crippen LogP contribution in [0.3, 0.4) is 0 Å². The summed E-state index contributed by atoms with van der Waals surface area (Å²) in [5, 5.41) is 5.97. The number of pyridine rings is 1. The van der Waals surface area contributed by atoms with Crippen LogP contribution in [0, 0.1) is 0 Å². The normalized spacial score (nSPS) is 18.8. The fourth-order valence-corrected chi connectivity index (χ4v) is 4.67. The van der Waals surface area contributed by atoms with Gasteiger partial charge in [0.1, 0.15) is 5.52 Å². The summed E-state index contributed by atoms with van der Waals surface area (Å²) >= 11 is 0. The SMILES string of the molecule is O=C(NCC1CCCO1)NC1CCN(c2nc3cccnc3n(Cc3ccccc3)c2=O)CC1. The Balaban J connectivity index is 1.27. The first-order chi connectivity index (χ1) is 16.7. The van der Waals surface area contributed by atoms with Gasteiger partial charge in [0.05, 0.1) is 12.6 Å². The molecule has 2 N–H and O–H groups in total. The molecule has 0 aliphatic carbocycles. The molecule has 9 heteroatoms. The average molecular weight is 463 g/mol. The molecule has 5 rings (SSSR count). The fourth-order valence-electron chi connectivity index (χ4n) is 4.67. The van der Waals surface area contributed by atoms with Gasteiger partial charge in [-0.25, -0.2) is 14.8 Å². The molecule has 4 heterocycles. The molecule has 1 aromatic carbocycles. The molecule has 1 unspecified atom stereocenters. The Bertz CT molecular complexity index is 1180. The second-order valence-electron chi connectivity index (χ2n) is 8.91. The first-order valence-corrected chi connectivity index (χ1v) is 12.0. The molecule has 3 aromatic rings. The highest BCUT2D eigenvalue weighted by Gasteiger charge is 2.25. The molecule has 2 aliphatic heterocycles. The average Bonchev–Trinajstić information content (AvgIpc) is 3.39. The number of fused-ring (bicyclic) bond motifs is 1. The number of benzene rings is 1. The van der Waals surface area contributed by atoms with Gasteiger partial charge in [-0.3, -0.25) is 9.36 Å². The molecule has 9 nitrogen and oxygen atoms in total. The van der Waals surface area contributed by atoms with Gasteiger partial charge < -0.3 is 20.3 Å². The van der Waals surface area contributed by atoms with Gasteiger partial charge >= 0.3 is 6.03 Å². The molecule has 2 saturated heterocycles. The minimum Gasteiger partial charge on any atom is -0.376 e. The van der Waals surface area contributed by atoms with Crippen molar-refractivity contribution in [3.8, 4) is 0 Å². The minimum atomic E-state index is -0.158. The van der Waals surface area contributed by atoms with E-state index in [1.165, 1.54) is 0 Å². The highest BCUT2D eigenvalue weighted by molar-refractivity contribution is 5.74. The van der Waals surface area contributed by atoms with Crippen LogP contribution in [0.2, 0.25) is 0 Å².